The molecule has 0 aliphatic rings. The molecule has 6 heteroatoms. The number of aromatic nitrogens is 3. The van der Waals surface area contributed by atoms with E-state index in [4.69, 9.17) is 16.9 Å². The van der Waals surface area contributed by atoms with Crippen LogP contribution in [-0.4, -0.2) is 20.1 Å². The second-order valence-electron chi connectivity index (χ2n) is 3.93. The van der Waals surface area contributed by atoms with Crippen molar-refractivity contribution in [1.82, 2.24) is 15.0 Å². The molecule has 92 valence electrons. The highest BCUT2D eigenvalue weighted by atomic mass is 35.5. The molecular weight excluding hydrogens is 264 g/mol. The number of aromatic hydroxyl groups is 1. The summed E-state index contributed by atoms with van der Waals surface area (Å²) < 4.78 is 0. The van der Waals surface area contributed by atoms with Gasteiger partial charge in [0.15, 0.2) is 5.75 Å². The Bertz CT molecular complexity index is 819. The zero-order valence-electron chi connectivity index (χ0n) is 9.55. The van der Waals surface area contributed by atoms with Crippen molar-refractivity contribution < 1.29 is 5.11 Å². The number of aromatic amines is 1. The van der Waals surface area contributed by atoms with Crippen LogP contribution < -0.4 is 0 Å². The largest absolute Gasteiger partial charge is 0.504 e. The zero-order valence-corrected chi connectivity index (χ0v) is 10.3. The number of fused-ring (bicyclic) bond motifs is 1. The van der Waals surface area contributed by atoms with Crippen LogP contribution in [0.3, 0.4) is 0 Å². The number of rotatable bonds is 1. The van der Waals surface area contributed by atoms with E-state index in [1.165, 1.54) is 6.20 Å². The molecule has 0 aliphatic heterocycles. The van der Waals surface area contributed by atoms with Crippen LogP contribution in [0.4, 0.5) is 0 Å². The van der Waals surface area contributed by atoms with Crippen LogP contribution >= 0.6 is 11.6 Å². The average Bonchev–Trinajstić information content (AvgIpc) is 2.85. The van der Waals surface area contributed by atoms with Crippen LogP contribution in [0.2, 0.25) is 5.28 Å². The fraction of sp³-hybridized carbons (Fsp3) is 0. The quantitative estimate of drug-likeness (QED) is 0.666. The summed E-state index contributed by atoms with van der Waals surface area (Å²) in [5.74, 6) is -0.0746. The molecule has 2 N–H and O–H groups in total. The summed E-state index contributed by atoms with van der Waals surface area (Å²) >= 11 is 5.72. The minimum atomic E-state index is -0.0746. The molecule has 3 aromatic rings. The molecule has 0 aliphatic carbocycles. The molecule has 0 amide bonds. The van der Waals surface area contributed by atoms with Gasteiger partial charge in [0.05, 0.1) is 23.5 Å². The molecule has 3 rings (SSSR count). The Balaban J connectivity index is 2.27. The average molecular weight is 271 g/mol. The molecule has 0 atom stereocenters. The lowest BCUT2D eigenvalue weighted by Crippen LogP contribution is -1.88. The SMILES string of the molecule is N#Cc1cccc2[nH]c(-c3nc(Cl)ncc3O)cc12. The van der Waals surface area contributed by atoms with Gasteiger partial charge in [0.1, 0.15) is 5.69 Å². The van der Waals surface area contributed by atoms with Gasteiger partial charge in [-0.2, -0.15) is 5.26 Å². The van der Waals surface area contributed by atoms with Gasteiger partial charge in [0.2, 0.25) is 5.28 Å². The third kappa shape index (κ3) is 1.88. The van der Waals surface area contributed by atoms with Gasteiger partial charge in [-0.1, -0.05) is 6.07 Å². The van der Waals surface area contributed by atoms with E-state index in [-0.39, 0.29) is 11.0 Å². The molecule has 2 aromatic heterocycles. The number of nitrogens with zero attached hydrogens (tertiary/aromatic N) is 3. The molecule has 0 spiro atoms. The number of hydrogen-bond acceptors (Lipinski definition) is 4. The standard InChI is InChI=1S/C13H7ClN4O/c14-13-16-6-11(19)12(18-13)10-4-8-7(5-15)2-1-3-9(8)17-10/h1-4,6,17,19H. The van der Waals surface area contributed by atoms with Gasteiger partial charge in [-0.25, -0.2) is 9.97 Å². The number of halogens is 1. The van der Waals surface area contributed by atoms with Crippen molar-refractivity contribution in [2.75, 3.05) is 0 Å². The Morgan fingerprint density at radius 2 is 2.21 bits per heavy atom. The second-order valence-corrected chi connectivity index (χ2v) is 4.27. The Morgan fingerprint density at radius 3 is 3.00 bits per heavy atom. The zero-order chi connectivity index (χ0) is 13.4. The lowest BCUT2D eigenvalue weighted by atomic mass is 10.1. The van der Waals surface area contributed by atoms with Crippen LogP contribution in [0.25, 0.3) is 22.3 Å². The van der Waals surface area contributed by atoms with Gasteiger partial charge in [-0.05, 0) is 29.8 Å². The minimum Gasteiger partial charge on any atom is -0.504 e. The molecule has 0 saturated heterocycles. The van der Waals surface area contributed by atoms with Gasteiger partial charge in [0.25, 0.3) is 0 Å². The molecule has 0 unspecified atom stereocenters. The molecule has 0 bridgehead atoms. The molecule has 5 nitrogen and oxygen atoms in total. The van der Waals surface area contributed by atoms with E-state index in [0.29, 0.717) is 17.0 Å². The van der Waals surface area contributed by atoms with Crippen LogP contribution in [0.1, 0.15) is 5.56 Å². The minimum absolute atomic E-state index is 0.0481. The van der Waals surface area contributed by atoms with Gasteiger partial charge in [-0.15, -0.1) is 0 Å². The molecule has 0 saturated carbocycles. The van der Waals surface area contributed by atoms with E-state index in [1.54, 1.807) is 18.2 Å². The molecule has 0 fully saturated rings. The van der Waals surface area contributed by atoms with Crippen LogP contribution in [-0.2, 0) is 0 Å². The summed E-state index contributed by atoms with van der Waals surface area (Å²) in [7, 11) is 0. The highest BCUT2D eigenvalue weighted by molar-refractivity contribution is 6.28. The van der Waals surface area contributed by atoms with Gasteiger partial charge in [0, 0.05) is 10.9 Å². The molecule has 2 heterocycles. The Morgan fingerprint density at radius 1 is 1.37 bits per heavy atom. The summed E-state index contributed by atoms with van der Waals surface area (Å²) in [4.78, 5) is 10.8. The summed E-state index contributed by atoms with van der Waals surface area (Å²) in [6, 6.07) is 9.24. The lowest BCUT2D eigenvalue weighted by molar-refractivity contribution is 0.472. The Hall–Kier alpha value is -2.58. The first-order valence-electron chi connectivity index (χ1n) is 5.43. The molecule has 19 heavy (non-hydrogen) atoms. The normalized spacial score (nSPS) is 10.5. The van der Waals surface area contributed by atoms with Crippen molar-refractivity contribution in [3.05, 3.63) is 41.3 Å². The fourth-order valence-corrected chi connectivity index (χ4v) is 2.07. The first kappa shape index (κ1) is 11.5. The van der Waals surface area contributed by atoms with E-state index < -0.39 is 0 Å². The van der Waals surface area contributed by atoms with Gasteiger partial charge in [-0.3, -0.25) is 0 Å². The first-order chi connectivity index (χ1) is 9.19. The van der Waals surface area contributed by atoms with Crippen molar-refractivity contribution >= 4 is 22.5 Å². The third-order valence-electron chi connectivity index (χ3n) is 2.78. The maximum absolute atomic E-state index is 9.77. The van der Waals surface area contributed by atoms with E-state index >= 15 is 0 Å². The number of H-pyrrole nitrogens is 1. The highest BCUT2D eigenvalue weighted by Gasteiger charge is 2.12. The molecule has 0 radical (unpaired) electrons. The first-order valence-corrected chi connectivity index (χ1v) is 5.80. The predicted octanol–water partition coefficient (Wildman–Crippen LogP) is 2.86. The van der Waals surface area contributed by atoms with Crippen molar-refractivity contribution in [3.63, 3.8) is 0 Å². The maximum Gasteiger partial charge on any atom is 0.223 e. The number of nitriles is 1. The van der Waals surface area contributed by atoms with Crippen molar-refractivity contribution in [1.29, 1.82) is 5.26 Å². The number of hydrogen-bond donors (Lipinski definition) is 2. The summed E-state index contributed by atoms with van der Waals surface area (Å²) in [5.41, 5.74) is 2.24. The van der Waals surface area contributed by atoms with E-state index in [0.717, 1.165) is 10.9 Å². The highest BCUT2D eigenvalue weighted by Crippen LogP contribution is 2.30. The number of nitrogens with one attached hydrogen (secondary N) is 1. The summed E-state index contributed by atoms with van der Waals surface area (Å²) in [5, 5.41) is 19.6. The van der Waals surface area contributed by atoms with Crippen LogP contribution in [0, 0.1) is 11.3 Å². The van der Waals surface area contributed by atoms with Gasteiger partial charge < -0.3 is 10.1 Å². The monoisotopic (exact) mass is 270 g/mol. The summed E-state index contributed by atoms with van der Waals surface area (Å²) in [6.07, 6.45) is 1.24. The smallest absolute Gasteiger partial charge is 0.223 e. The maximum atomic E-state index is 9.77. The van der Waals surface area contributed by atoms with Crippen molar-refractivity contribution in [2.24, 2.45) is 0 Å². The van der Waals surface area contributed by atoms with E-state index in [9.17, 15) is 5.11 Å². The molecule has 1 aromatic carbocycles. The van der Waals surface area contributed by atoms with Crippen LogP contribution in [0.15, 0.2) is 30.5 Å². The third-order valence-corrected chi connectivity index (χ3v) is 2.96. The number of benzene rings is 1. The van der Waals surface area contributed by atoms with Crippen molar-refractivity contribution in [2.45, 2.75) is 0 Å². The van der Waals surface area contributed by atoms with E-state index in [2.05, 4.69) is 21.0 Å². The predicted molar refractivity (Wildman–Crippen MR) is 70.7 cm³/mol. The van der Waals surface area contributed by atoms with Crippen LogP contribution in [0.5, 0.6) is 5.75 Å². The lowest BCUT2D eigenvalue weighted by Gasteiger charge is -2.00. The Labute approximate surface area is 113 Å². The summed E-state index contributed by atoms with van der Waals surface area (Å²) in [6.45, 7) is 0. The van der Waals surface area contributed by atoms with Crippen molar-refractivity contribution in [3.8, 4) is 23.2 Å². The second kappa shape index (κ2) is 4.26. The van der Waals surface area contributed by atoms with E-state index in [1.807, 2.05) is 6.07 Å². The fourth-order valence-electron chi connectivity index (χ4n) is 1.93. The Kier molecular flexibility index (Phi) is 2.58. The molecular formula is C13H7ClN4O. The van der Waals surface area contributed by atoms with Gasteiger partial charge >= 0.3 is 0 Å². The topological polar surface area (TPSA) is 85.6 Å².